The maximum atomic E-state index is 13.0. The fourth-order valence-electron chi connectivity index (χ4n) is 5.23. The Morgan fingerprint density at radius 3 is 1.37 bits per heavy atom. The Bertz CT molecular complexity index is 424. The molecule has 0 aliphatic rings. The second-order valence-corrected chi connectivity index (χ2v) is 9.26. The summed E-state index contributed by atoms with van der Waals surface area (Å²) in [5.74, 6) is -1.18. The van der Waals surface area contributed by atoms with Crippen LogP contribution in [-0.4, -0.2) is 22.2 Å². The average molecular weight is 427 g/mol. The van der Waals surface area contributed by atoms with Crippen LogP contribution in [0, 0.1) is 17.3 Å². The zero-order chi connectivity index (χ0) is 22.8. The zero-order valence-electron chi connectivity index (χ0n) is 20.4. The van der Waals surface area contributed by atoms with Crippen LogP contribution in [0.15, 0.2) is 0 Å². The fourth-order valence-corrected chi connectivity index (χ4v) is 5.23. The third-order valence-corrected chi connectivity index (χ3v) is 6.96. The summed E-state index contributed by atoms with van der Waals surface area (Å²) < 4.78 is 0. The largest absolute Gasteiger partial charge is 0.481 e. The van der Waals surface area contributed by atoms with Crippen LogP contribution in [0.25, 0.3) is 0 Å². The molecule has 2 unspecified atom stereocenters. The van der Waals surface area contributed by atoms with Crippen LogP contribution >= 0.6 is 0 Å². The van der Waals surface area contributed by atoms with E-state index in [0.29, 0.717) is 12.8 Å². The summed E-state index contributed by atoms with van der Waals surface area (Å²) in [6.45, 7) is 8.72. The summed E-state index contributed by atoms with van der Waals surface area (Å²) >= 11 is 0. The van der Waals surface area contributed by atoms with E-state index in [4.69, 9.17) is 0 Å². The Morgan fingerprint density at radius 1 is 0.633 bits per heavy atom. The lowest BCUT2D eigenvalue weighted by Gasteiger charge is -2.44. The molecule has 0 aliphatic heterocycles. The average Bonchev–Trinajstić information content (AvgIpc) is 2.71. The molecule has 0 bridgehead atoms. The first kappa shape index (κ1) is 28.9. The third kappa shape index (κ3) is 10.3. The number of carboxylic acid groups (broad SMARTS) is 2. The van der Waals surface area contributed by atoms with Gasteiger partial charge in [-0.05, 0) is 50.4 Å². The summed E-state index contributed by atoms with van der Waals surface area (Å²) in [7, 11) is 0. The summed E-state index contributed by atoms with van der Waals surface area (Å²) in [5, 5.41) is 19.9. The molecule has 0 rings (SSSR count). The van der Waals surface area contributed by atoms with Gasteiger partial charge in [-0.25, -0.2) is 0 Å². The number of unbranched alkanes of at least 4 members (excludes halogenated alkanes) is 6. The van der Waals surface area contributed by atoms with Gasteiger partial charge in [-0.2, -0.15) is 0 Å². The SMILES string of the molecule is CCCCCC(CCCC)C(CCCC(=O)O)(C(=O)O)C(CCCC)CCCCC. The number of rotatable bonds is 21. The highest BCUT2D eigenvalue weighted by Crippen LogP contribution is 2.50. The summed E-state index contributed by atoms with van der Waals surface area (Å²) in [6.07, 6.45) is 15.8. The first-order valence-electron chi connectivity index (χ1n) is 12.9. The number of hydrogen-bond acceptors (Lipinski definition) is 2. The van der Waals surface area contributed by atoms with Crippen LogP contribution in [0.3, 0.4) is 0 Å². The molecule has 178 valence electrons. The van der Waals surface area contributed by atoms with Crippen molar-refractivity contribution in [1.29, 1.82) is 0 Å². The van der Waals surface area contributed by atoms with Gasteiger partial charge in [-0.15, -0.1) is 0 Å². The van der Waals surface area contributed by atoms with Gasteiger partial charge in [0, 0.05) is 6.42 Å². The summed E-state index contributed by atoms with van der Waals surface area (Å²) in [5.41, 5.74) is -0.777. The molecule has 0 aliphatic carbocycles. The summed E-state index contributed by atoms with van der Waals surface area (Å²) in [6, 6.07) is 0. The lowest BCUT2D eigenvalue weighted by molar-refractivity contribution is -0.161. The number of carboxylic acids is 2. The smallest absolute Gasteiger partial charge is 0.310 e. The first-order valence-corrected chi connectivity index (χ1v) is 12.9. The lowest BCUT2D eigenvalue weighted by atomic mass is 9.58. The van der Waals surface area contributed by atoms with Gasteiger partial charge in [0.2, 0.25) is 0 Å². The van der Waals surface area contributed by atoms with E-state index in [9.17, 15) is 19.8 Å². The Labute approximate surface area is 186 Å². The highest BCUT2D eigenvalue weighted by Gasteiger charge is 2.49. The summed E-state index contributed by atoms with van der Waals surface area (Å²) in [4.78, 5) is 24.2. The van der Waals surface area contributed by atoms with Gasteiger partial charge in [-0.3, -0.25) is 9.59 Å². The normalized spacial score (nSPS) is 15.5. The van der Waals surface area contributed by atoms with E-state index >= 15 is 0 Å². The molecule has 2 N–H and O–H groups in total. The molecule has 0 aromatic carbocycles. The Hall–Kier alpha value is -1.06. The minimum Gasteiger partial charge on any atom is -0.481 e. The van der Waals surface area contributed by atoms with E-state index in [1.54, 1.807) is 0 Å². The molecular formula is C26H50O4. The molecule has 0 fully saturated rings. The zero-order valence-corrected chi connectivity index (χ0v) is 20.4. The first-order chi connectivity index (χ1) is 14.4. The van der Waals surface area contributed by atoms with Gasteiger partial charge in [-0.1, -0.05) is 91.9 Å². The van der Waals surface area contributed by atoms with Crippen LogP contribution in [-0.2, 0) is 9.59 Å². The van der Waals surface area contributed by atoms with E-state index in [1.165, 1.54) is 0 Å². The van der Waals surface area contributed by atoms with E-state index in [2.05, 4.69) is 27.7 Å². The van der Waals surface area contributed by atoms with Crippen molar-refractivity contribution in [1.82, 2.24) is 0 Å². The Morgan fingerprint density at radius 2 is 1.03 bits per heavy atom. The molecule has 2 atom stereocenters. The van der Waals surface area contributed by atoms with Crippen molar-refractivity contribution >= 4 is 11.9 Å². The van der Waals surface area contributed by atoms with Gasteiger partial charge in [0.05, 0.1) is 5.41 Å². The van der Waals surface area contributed by atoms with Gasteiger partial charge in [0.1, 0.15) is 0 Å². The second kappa shape index (κ2) is 17.6. The fraction of sp³-hybridized carbons (Fsp3) is 0.923. The molecule has 0 radical (unpaired) electrons. The van der Waals surface area contributed by atoms with Crippen molar-refractivity contribution in [3.8, 4) is 0 Å². The topological polar surface area (TPSA) is 74.6 Å². The van der Waals surface area contributed by atoms with Crippen molar-refractivity contribution in [2.45, 2.75) is 137 Å². The minimum absolute atomic E-state index is 0.0694. The monoisotopic (exact) mass is 426 g/mol. The van der Waals surface area contributed by atoms with Gasteiger partial charge in [0.25, 0.3) is 0 Å². The molecule has 0 saturated heterocycles. The van der Waals surface area contributed by atoms with E-state index in [-0.39, 0.29) is 18.3 Å². The molecule has 0 saturated carbocycles. The van der Waals surface area contributed by atoms with Crippen molar-refractivity contribution in [3.63, 3.8) is 0 Å². The molecule has 0 spiro atoms. The molecule has 0 aromatic rings. The Balaban J connectivity index is 6.02. The van der Waals surface area contributed by atoms with Crippen LogP contribution in [0.4, 0.5) is 0 Å². The van der Waals surface area contributed by atoms with Crippen LogP contribution in [0.2, 0.25) is 0 Å². The molecule has 4 nitrogen and oxygen atoms in total. The highest BCUT2D eigenvalue weighted by atomic mass is 16.4. The Kier molecular flexibility index (Phi) is 17.0. The number of hydrogen-bond donors (Lipinski definition) is 2. The predicted octanol–water partition coefficient (Wildman–Crippen LogP) is 8.09. The predicted molar refractivity (Wildman–Crippen MR) is 126 cm³/mol. The van der Waals surface area contributed by atoms with Crippen molar-refractivity contribution in [2.75, 3.05) is 0 Å². The number of carbonyl (C=O) groups is 2. The maximum absolute atomic E-state index is 13.0. The van der Waals surface area contributed by atoms with Crippen LogP contribution in [0.1, 0.15) is 137 Å². The maximum Gasteiger partial charge on any atom is 0.310 e. The quantitative estimate of drug-likeness (QED) is 0.182. The van der Waals surface area contributed by atoms with Gasteiger partial charge in [0.15, 0.2) is 0 Å². The molecule has 4 heteroatoms. The molecule has 30 heavy (non-hydrogen) atoms. The van der Waals surface area contributed by atoms with E-state index in [1.807, 2.05) is 0 Å². The molecule has 0 amide bonds. The minimum atomic E-state index is -0.818. The molecule has 0 heterocycles. The van der Waals surface area contributed by atoms with Crippen LogP contribution in [0.5, 0.6) is 0 Å². The standard InChI is InChI=1S/C26H50O4/c1-5-9-13-18-22(16-11-7-3)26(25(29)30,21-15-20-24(27)28)23(17-12-8-4)19-14-10-6-2/h22-23H,5-21H2,1-4H3,(H,27,28)(H,29,30). The van der Waals surface area contributed by atoms with Gasteiger partial charge >= 0.3 is 11.9 Å². The van der Waals surface area contributed by atoms with Crippen molar-refractivity contribution < 1.29 is 19.8 Å². The van der Waals surface area contributed by atoms with Gasteiger partial charge < -0.3 is 10.2 Å². The lowest BCUT2D eigenvalue weighted by Crippen LogP contribution is -2.45. The van der Waals surface area contributed by atoms with Crippen LogP contribution < -0.4 is 0 Å². The van der Waals surface area contributed by atoms with Crippen molar-refractivity contribution in [2.24, 2.45) is 17.3 Å². The second-order valence-electron chi connectivity index (χ2n) is 9.26. The number of aliphatic carboxylic acids is 2. The van der Waals surface area contributed by atoms with Crippen molar-refractivity contribution in [3.05, 3.63) is 0 Å². The highest BCUT2D eigenvalue weighted by molar-refractivity contribution is 5.76. The molecule has 0 aromatic heterocycles. The van der Waals surface area contributed by atoms with E-state index in [0.717, 1.165) is 89.9 Å². The van der Waals surface area contributed by atoms with E-state index < -0.39 is 17.4 Å². The molecular weight excluding hydrogens is 376 g/mol. The third-order valence-electron chi connectivity index (χ3n) is 6.96.